The molecule has 2 heterocycles. The molecule has 3 rings (SSSR count). The van der Waals surface area contributed by atoms with Gasteiger partial charge in [0, 0.05) is 11.0 Å². The molecule has 0 aliphatic carbocycles. The first kappa shape index (κ1) is 18.5. The first-order valence-corrected chi connectivity index (χ1v) is 9.18. The number of benzene rings is 1. The number of rotatable bonds is 5. The van der Waals surface area contributed by atoms with E-state index in [1.165, 1.54) is 0 Å². The summed E-state index contributed by atoms with van der Waals surface area (Å²) >= 11 is 3.39. The second-order valence-electron chi connectivity index (χ2n) is 6.07. The summed E-state index contributed by atoms with van der Waals surface area (Å²) in [7, 11) is 0. The molecule has 0 spiro atoms. The van der Waals surface area contributed by atoms with E-state index in [-0.39, 0.29) is 17.5 Å². The first-order chi connectivity index (χ1) is 12.5. The topological polar surface area (TPSA) is 101 Å². The normalized spacial score (nSPS) is 17.3. The number of ether oxygens (including phenoxy) is 1. The molecular formula is C17H19BrN4O4. The van der Waals surface area contributed by atoms with Crippen LogP contribution in [-0.2, 0) is 11.2 Å². The molecule has 9 heteroatoms. The summed E-state index contributed by atoms with van der Waals surface area (Å²) in [6.07, 6.45) is 0.926. The number of morpholine rings is 1. The van der Waals surface area contributed by atoms with Gasteiger partial charge in [0.2, 0.25) is 5.69 Å². The SMILES string of the molecule is CCCc1[nH]nc(C(=O)N2CCOC(c3ccc(Br)cc3)C2)c1[N+](=O)[O-]. The third-order valence-corrected chi connectivity index (χ3v) is 4.82. The van der Waals surface area contributed by atoms with Crippen LogP contribution in [0.2, 0.25) is 0 Å². The Labute approximate surface area is 158 Å². The highest BCUT2D eigenvalue weighted by Gasteiger charge is 2.34. The zero-order valence-corrected chi connectivity index (χ0v) is 15.9. The minimum Gasteiger partial charge on any atom is -0.370 e. The van der Waals surface area contributed by atoms with E-state index in [1.807, 2.05) is 31.2 Å². The van der Waals surface area contributed by atoms with Crippen LogP contribution in [0.15, 0.2) is 28.7 Å². The van der Waals surface area contributed by atoms with Gasteiger partial charge in [0.05, 0.1) is 18.1 Å². The van der Waals surface area contributed by atoms with Gasteiger partial charge in [-0.15, -0.1) is 0 Å². The quantitative estimate of drug-likeness (QED) is 0.588. The van der Waals surface area contributed by atoms with Gasteiger partial charge in [-0.1, -0.05) is 41.4 Å². The Balaban J connectivity index is 1.81. The Morgan fingerprint density at radius 1 is 1.46 bits per heavy atom. The van der Waals surface area contributed by atoms with Gasteiger partial charge in [0.25, 0.3) is 5.91 Å². The number of H-pyrrole nitrogens is 1. The number of nitrogens with zero attached hydrogens (tertiary/aromatic N) is 3. The summed E-state index contributed by atoms with van der Waals surface area (Å²) in [5.74, 6) is -0.444. The molecule has 1 amide bonds. The van der Waals surface area contributed by atoms with Crippen LogP contribution in [0.1, 0.15) is 41.2 Å². The summed E-state index contributed by atoms with van der Waals surface area (Å²) in [5, 5.41) is 18.0. The molecule has 1 N–H and O–H groups in total. The predicted molar refractivity (Wildman–Crippen MR) is 98.0 cm³/mol. The second kappa shape index (κ2) is 7.96. The molecule has 1 aliphatic heterocycles. The number of carbonyl (C=O) groups excluding carboxylic acids is 1. The van der Waals surface area contributed by atoms with Crippen LogP contribution in [0.5, 0.6) is 0 Å². The zero-order valence-electron chi connectivity index (χ0n) is 14.3. The Morgan fingerprint density at radius 2 is 2.19 bits per heavy atom. The van der Waals surface area contributed by atoms with Crippen LogP contribution in [0.3, 0.4) is 0 Å². The summed E-state index contributed by atoms with van der Waals surface area (Å²) in [6.45, 7) is 2.98. The molecule has 8 nitrogen and oxygen atoms in total. The third-order valence-electron chi connectivity index (χ3n) is 4.29. The molecule has 0 radical (unpaired) electrons. The lowest BCUT2D eigenvalue weighted by Crippen LogP contribution is -2.42. The fourth-order valence-electron chi connectivity index (χ4n) is 3.00. The number of nitro groups is 1. The van der Waals surface area contributed by atoms with Crippen molar-refractivity contribution in [2.24, 2.45) is 0 Å². The van der Waals surface area contributed by atoms with Crippen LogP contribution >= 0.6 is 15.9 Å². The smallest absolute Gasteiger partial charge is 0.322 e. The number of amides is 1. The summed E-state index contributed by atoms with van der Waals surface area (Å²) in [4.78, 5) is 25.3. The number of hydrogen-bond donors (Lipinski definition) is 1. The number of aryl methyl sites for hydroxylation is 1. The molecule has 1 atom stereocenters. The van der Waals surface area contributed by atoms with Crippen molar-refractivity contribution in [3.05, 3.63) is 55.8 Å². The third kappa shape index (κ3) is 3.78. The van der Waals surface area contributed by atoms with Gasteiger partial charge in [-0.3, -0.25) is 20.0 Å². The highest BCUT2D eigenvalue weighted by molar-refractivity contribution is 9.10. The van der Waals surface area contributed by atoms with Crippen LogP contribution < -0.4 is 0 Å². The molecule has 2 aromatic rings. The second-order valence-corrected chi connectivity index (χ2v) is 6.98. The van der Waals surface area contributed by atoms with E-state index in [2.05, 4.69) is 26.1 Å². The molecular weight excluding hydrogens is 404 g/mol. The number of nitrogens with one attached hydrogen (secondary N) is 1. The van der Waals surface area contributed by atoms with E-state index in [0.717, 1.165) is 16.5 Å². The van der Waals surface area contributed by atoms with E-state index < -0.39 is 10.8 Å². The molecule has 26 heavy (non-hydrogen) atoms. The van der Waals surface area contributed by atoms with E-state index in [0.29, 0.717) is 31.8 Å². The predicted octanol–water partition coefficient (Wildman–Crippen LogP) is 3.25. The Hall–Kier alpha value is -2.26. The maximum absolute atomic E-state index is 12.8. The van der Waals surface area contributed by atoms with Crippen molar-refractivity contribution < 1.29 is 14.5 Å². The van der Waals surface area contributed by atoms with Gasteiger partial charge in [-0.25, -0.2) is 0 Å². The zero-order chi connectivity index (χ0) is 18.7. The maximum atomic E-state index is 12.8. The molecule has 1 aromatic carbocycles. The first-order valence-electron chi connectivity index (χ1n) is 8.39. The molecule has 0 saturated carbocycles. The van der Waals surface area contributed by atoms with Crippen molar-refractivity contribution >= 4 is 27.5 Å². The van der Waals surface area contributed by atoms with Gasteiger partial charge < -0.3 is 9.64 Å². The molecule has 1 aliphatic rings. The Kier molecular flexibility index (Phi) is 5.67. The summed E-state index contributed by atoms with van der Waals surface area (Å²) in [5.41, 5.74) is 0.992. The van der Waals surface area contributed by atoms with Crippen molar-refractivity contribution in [1.82, 2.24) is 15.1 Å². The lowest BCUT2D eigenvalue weighted by atomic mass is 10.1. The van der Waals surface area contributed by atoms with Crippen molar-refractivity contribution in [3.63, 3.8) is 0 Å². The maximum Gasteiger partial charge on any atom is 0.322 e. The van der Waals surface area contributed by atoms with Gasteiger partial charge in [0.1, 0.15) is 11.8 Å². The fourth-order valence-corrected chi connectivity index (χ4v) is 3.27. The number of carbonyl (C=O) groups is 1. The van der Waals surface area contributed by atoms with Gasteiger partial charge in [0.15, 0.2) is 0 Å². The van der Waals surface area contributed by atoms with Crippen molar-refractivity contribution in [1.29, 1.82) is 0 Å². The average Bonchev–Trinajstić information content (AvgIpc) is 3.06. The number of halogens is 1. The van der Waals surface area contributed by atoms with E-state index in [1.54, 1.807) is 4.90 Å². The lowest BCUT2D eigenvalue weighted by Gasteiger charge is -2.32. The van der Waals surface area contributed by atoms with Crippen LogP contribution in [-0.4, -0.2) is 45.6 Å². The highest BCUT2D eigenvalue weighted by atomic mass is 79.9. The van der Waals surface area contributed by atoms with Crippen LogP contribution in [0.4, 0.5) is 5.69 Å². The lowest BCUT2D eigenvalue weighted by molar-refractivity contribution is -0.385. The Bertz CT molecular complexity index is 806. The highest BCUT2D eigenvalue weighted by Crippen LogP contribution is 2.28. The van der Waals surface area contributed by atoms with E-state index >= 15 is 0 Å². The molecule has 1 saturated heterocycles. The van der Waals surface area contributed by atoms with Gasteiger partial charge in [-0.05, 0) is 24.1 Å². The Morgan fingerprint density at radius 3 is 2.85 bits per heavy atom. The molecule has 138 valence electrons. The summed E-state index contributed by atoms with van der Waals surface area (Å²) in [6, 6.07) is 7.68. The fraction of sp³-hybridized carbons (Fsp3) is 0.412. The standard InChI is InChI=1S/C17H19BrN4O4/c1-2-3-13-16(22(24)25)15(20-19-13)17(23)21-8-9-26-14(10-21)11-4-6-12(18)7-5-11/h4-7,14H,2-3,8-10H2,1H3,(H,19,20). The largest absolute Gasteiger partial charge is 0.370 e. The van der Waals surface area contributed by atoms with Gasteiger partial charge >= 0.3 is 5.69 Å². The molecule has 0 bridgehead atoms. The summed E-state index contributed by atoms with van der Waals surface area (Å²) < 4.78 is 6.73. The van der Waals surface area contributed by atoms with E-state index in [4.69, 9.17) is 4.74 Å². The minimum atomic E-state index is -0.533. The number of aromatic nitrogens is 2. The monoisotopic (exact) mass is 422 g/mol. The van der Waals surface area contributed by atoms with E-state index in [9.17, 15) is 14.9 Å². The van der Waals surface area contributed by atoms with Crippen molar-refractivity contribution in [2.45, 2.75) is 25.9 Å². The molecule has 1 aromatic heterocycles. The minimum absolute atomic E-state index is 0.130. The molecule has 1 unspecified atom stereocenters. The number of hydrogen-bond acceptors (Lipinski definition) is 5. The van der Waals surface area contributed by atoms with Crippen molar-refractivity contribution in [2.75, 3.05) is 19.7 Å². The number of aromatic amines is 1. The average molecular weight is 423 g/mol. The van der Waals surface area contributed by atoms with Crippen LogP contribution in [0.25, 0.3) is 0 Å². The van der Waals surface area contributed by atoms with Crippen LogP contribution in [0, 0.1) is 10.1 Å². The van der Waals surface area contributed by atoms with Gasteiger partial charge in [-0.2, -0.15) is 5.10 Å². The molecule has 1 fully saturated rings. The van der Waals surface area contributed by atoms with Crippen molar-refractivity contribution in [3.8, 4) is 0 Å².